The van der Waals surface area contributed by atoms with Crippen molar-refractivity contribution in [1.82, 2.24) is 10.2 Å². The van der Waals surface area contributed by atoms with Crippen LogP contribution in [0, 0.1) is 5.41 Å². The Morgan fingerprint density at radius 3 is 2.62 bits per heavy atom. The van der Waals surface area contributed by atoms with Crippen molar-refractivity contribution in [3.8, 4) is 0 Å². The third-order valence-corrected chi connectivity index (χ3v) is 4.01. The molecule has 1 saturated carbocycles. The van der Waals surface area contributed by atoms with Gasteiger partial charge < -0.3 is 15.0 Å². The molecule has 3 heteroatoms. The molecule has 1 aliphatic carbocycles. The second-order valence-corrected chi connectivity index (χ2v) is 5.71. The van der Waals surface area contributed by atoms with Crippen LogP contribution in [0.5, 0.6) is 0 Å². The van der Waals surface area contributed by atoms with E-state index >= 15 is 0 Å². The lowest BCUT2D eigenvalue weighted by atomic mass is 9.64. The SMILES string of the molecule is CNCCC1(C)CC(N(C)CC(C)OC)C1. The first-order valence-electron chi connectivity index (χ1n) is 6.38. The maximum Gasteiger partial charge on any atom is 0.0670 e. The molecule has 96 valence electrons. The number of hydrogen-bond donors (Lipinski definition) is 1. The number of nitrogens with zero attached hydrogens (tertiary/aromatic N) is 1. The van der Waals surface area contributed by atoms with Crippen LogP contribution in [0.25, 0.3) is 0 Å². The van der Waals surface area contributed by atoms with Crippen molar-refractivity contribution in [2.24, 2.45) is 5.41 Å². The van der Waals surface area contributed by atoms with E-state index in [4.69, 9.17) is 4.74 Å². The van der Waals surface area contributed by atoms with Gasteiger partial charge in [0, 0.05) is 19.7 Å². The average Bonchev–Trinajstić information content (AvgIpc) is 2.22. The Hall–Kier alpha value is -0.120. The number of methoxy groups -OCH3 is 1. The number of likely N-dealkylation sites (N-methyl/N-ethyl adjacent to an activating group) is 1. The van der Waals surface area contributed by atoms with Gasteiger partial charge in [0.05, 0.1) is 6.10 Å². The lowest BCUT2D eigenvalue weighted by Gasteiger charge is -2.49. The van der Waals surface area contributed by atoms with Crippen molar-refractivity contribution in [3.63, 3.8) is 0 Å². The third-order valence-electron chi connectivity index (χ3n) is 4.01. The van der Waals surface area contributed by atoms with Gasteiger partial charge in [0.15, 0.2) is 0 Å². The average molecular weight is 228 g/mol. The van der Waals surface area contributed by atoms with Crippen LogP contribution in [0.3, 0.4) is 0 Å². The topological polar surface area (TPSA) is 24.5 Å². The lowest BCUT2D eigenvalue weighted by molar-refractivity contribution is -0.00577. The Kier molecular flexibility index (Phi) is 5.22. The van der Waals surface area contributed by atoms with Crippen LogP contribution >= 0.6 is 0 Å². The maximum atomic E-state index is 5.30. The summed E-state index contributed by atoms with van der Waals surface area (Å²) in [5, 5.41) is 3.24. The van der Waals surface area contributed by atoms with E-state index in [1.165, 1.54) is 19.3 Å². The first kappa shape index (κ1) is 13.9. The molecule has 0 aliphatic heterocycles. The summed E-state index contributed by atoms with van der Waals surface area (Å²) < 4.78 is 5.30. The van der Waals surface area contributed by atoms with Crippen LogP contribution in [0.2, 0.25) is 0 Å². The van der Waals surface area contributed by atoms with Crippen LogP contribution in [0.4, 0.5) is 0 Å². The lowest BCUT2D eigenvalue weighted by Crippen LogP contribution is -2.50. The molecule has 0 saturated heterocycles. The highest BCUT2D eigenvalue weighted by Gasteiger charge is 2.41. The molecule has 3 nitrogen and oxygen atoms in total. The predicted octanol–water partition coefficient (Wildman–Crippen LogP) is 1.73. The molecule has 1 rings (SSSR count). The predicted molar refractivity (Wildman–Crippen MR) is 68.8 cm³/mol. The van der Waals surface area contributed by atoms with Crippen molar-refractivity contribution >= 4 is 0 Å². The minimum atomic E-state index is 0.342. The molecule has 1 atom stereocenters. The molecule has 0 spiro atoms. The number of nitrogens with one attached hydrogen (secondary N) is 1. The second-order valence-electron chi connectivity index (χ2n) is 5.71. The van der Waals surface area contributed by atoms with E-state index in [-0.39, 0.29) is 0 Å². The first-order valence-corrected chi connectivity index (χ1v) is 6.38. The highest BCUT2D eigenvalue weighted by molar-refractivity contribution is 4.95. The number of rotatable bonds is 7. The summed E-state index contributed by atoms with van der Waals surface area (Å²) in [7, 11) is 6.04. The van der Waals surface area contributed by atoms with Gasteiger partial charge in [-0.3, -0.25) is 0 Å². The zero-order chi connectivity index (χ0) is 12.2. The fourth-order valence-electron chi connectivity index (χ4n) is 2.65. The van der Waals surface area contributed by atoms with Gasteiger partial charge in [-0.05, 0) is 52.2 Å². The fraction of sp³-hybridized carbons (Fsp3) is 1.00. The summed E-state index contributed by atoms with van der Waals surface area (Å²) in [5.74, 6) is 0. The first-order chi connectivity index (χ1) is 7.50. The monoisotopic (exact) mass is 228 g/mol. The summed E-state index contributed by atoms with van der Waals surface area (Å²) in [6.07, 6.45) is 4.31. The van der Waals surface area contributed by atoms with Gasteiger partial charge in [0.1, 0.15) is 0 Å². The number of ether oxygens (including phenoxy) is 1. The van der Waals surface area contributed by atoms with E-state index in [1.54, 1.807) is 7.11 Å². The van der Waals surface area contributed by atoms with E-state index in [9.17, 15) is 0 Å². The Balaban J connectivity index is 2.23. The van der Waals surface area contributed by atoms with E-state index in [0.29, 0.717) is 11.5 Å². The maximum absolute atomic E-state index is 5.30. The Bertz CT molecular complexity index is 202. The van der Waals surface area contributed by atoms with Crippen LogP contribution in [0.1, 0.15) is 33.1 Å². The second kappa shape index (κ2) is 5.99. The summed E-state index contributed by atoms with van der Waals surface area (Å²) in [6.45, 7) is 6.73. The zero-order valence-corrected chi connectivity index (χ0v) is 11.5. The highest BCUT2D eigenvalue weighted by Crippen LogP contribution is 2.45. The van der Waals surface area contributed by atoms with Gasteiger partial charge in [0.25, 0.3) is 0 Å². The molecule has 1 aliphatic rings. The molecule has 0 aromatic carbocycles. The molecule has 0 heterocycles. The molecule has 1 fully saturated rings. The quantitative estimate of drug-likeness (QED) is 0.718. The minimum Gasteiger partial charge on any atom is -0.380 e. The van der Waals surface area contributed by atoms with Crippen molar-refractivity contribution in [2.45, 2.75) is 45.3 Å². The minimum absolute atomic E-state index is 0.342. The molecular weight excluding hydrogens is 200 g/mol. The number of hydrogen-bond acceptors (Lipinski definition) is 3. The van der Waals surface area contributed by atoms with E-state index in [0.717, 1.165) is 19.1 Å². The normalized spacial score (nSPS) is 31.5. The van der Waals surface area contributed by atoms with Crippen LogP contribution in [-0.2, 0) is 4.74 Å². The Morgan fingerprint density at radius 1 is 1.50 bits per heavy atom. The molecule has 0 amide bonds. The van der Waals surface area contributed by atoms with Gasteiger partial charge in [-0.1, -0.05) is 6.92 Å². The van der Waals surface area contributed by atoms with Crippen LogP contribution in [-0.4, -0.2) is 51.3 Å². The van der Waals surface area contributed by atoms with E-state index < -0.39 is 0 Å². The highest BCUT2D eigenvalue weighted by atomic mass is 16.5. The van der Waals surface area contributed by atoms with Crippen LogP contribution < -0.4 is 5.32 Å². The van der Waals surface area contributed by atoms with E-state index in [1.807, 2.05) is 7.05 Å². The summed E-state index contributed by atoms with van der Waals surface area (Å²) in [6, 6.07) is 0.763. The summed E-state index contributed by atoms with van der Waals surface area (Å²) >= 11 is 0. The Labute approximate surface area is 101 Å². The van der Waals surface area contributed by atoms with Gasteiger partial charge >= 0.3 is 0 Å². The van der Waals surface area contributed by atoms with Gasteiger partial charge in [0.2, 0.25) is 0 Å². The third kappa shape index (κ3) is 3.72. The molecule has 0 aromatic heterocycles. The molecule has 1 N–H and O–H groups in total. The smallest absolute Gasteiger partial charge is 0.0670 e. The molecule has 0 aromatic rings. The fourth-order valence-corrected chi connectivity index (χ4v) is 2.65. The van der Waals surface area contributed by atoms with Gasteiger partial charge in [-0.2, -0.15) is 0 Å². The molecular formula is C13H28N2O. The molecule has 1 unspecified atom stereocenters. The van der Waals surface area contributed by atoms with E-state index in [2.05, 4.69) is 31.1 Å². The molecule has 0 bridgehead atoms. The zero-order valence-electron chi connectivity index (χ0n) is 11.5. The van der Waals surface area contributed by atoms with Crippen LogP contribution in [0.15, 0.2) is 0 Å². The van der Waals surface area contributed by atoms with Gasteiger partial charge in [-0.25, -0.2) is 0 Å². The standard InChI is InChI=1S/C13H28N2O/c1-11(16-5)10-15(4)12-8-13(2,9-12)6-7-14-3/h11-12,14H,6-10H2,1-5H3. The largest absolute Gasteiger partial charge is 0.380 e. The molecule has 16 heavy (non-hydrogen) atoms. The van der Waals surface area contributed by atoms with Crippen molar-refractivity contribution in [2.75, 3.05) is 34.3 Å². The van der Waals surface area contributed by atoms with Crippen molar-refractivity contribution in [3.05, 3.63) is 0 Å². The van der Waals surface area contributed by atoms with Crippen molar-refractivity contribution < 1.29 is 4.74 Å². The Morgan fingerprint density at radius 2 is 2.12 bits per heavy atom. The van der Waals surface area contributed by atoms with Crippen molar-refractivity contribution in [1.29, 1.82) is 0 Å². The van der Waals surface area contributed by atoms with Gasteiger partial charge in [-0.15, -0.1) is 0 Å². The summed E-state index contributed by atoms with van der Waals surface area (Å²) in [5.41, 5.74) is 0.568. The summed E-state index contributed by atoms with van der Waals surface area (Å²) in [4.78, 5) is 2.45. The molecule has 0 radical (unpaired) electrons.